The molecule has 0 bridgehead atoms. The molecule has 1 fully saturated rings. The van der Waals surface area contributed by atoms with Crippen molar-refractivity contribution in [3.05, 3.63) is 27.3 Å². The summed E-state index contributed by atoms with van der Waals surface area (Å²) in [5.41, 5.74) is 0.759. The summed E-state index contributed by atoms with van der Waals surface area (Å²) in [6, 6.07) is 4.09. The Kier molecular flexibility index (Phi) is 11.5. The van der Waals surface area contributed by atoms with E-state index in [1.54, 1.807) is 18.2 Å². The van der Waals surface area contributed by atoms with Gasteiger partial charge in [-0.3, -0.25) is 9.59 Å². The second kappa shape index (κ2) is 13.6. The highest BCUT2D eigenvalue weighted by atomic mass is 127. The monoisotopic (exact) mass is 616 g/mol. The number of esters is 1. The van der Waals surface area contributed by atoms with Crippen LogP contribution in [0.15, 0.2) is 18.2 Å². The molecule has 2 amide bonds. The smallest absolute Gasteiger partial charge is 0.329 e. The molecular weight excluding hydrogens is 575 g/mol. The van der Waals surface area contributed by atoms with E-state index in [2.05, 4.69) is 12.2 Å². The molecule has 9 heteroatoms. The molecule has 0 aliphatic carbocycles. The molecule has 1 aliphatic rings. The van der Waals surface area contributed by atoms with Crippen molar-refractivity contribution in [2.24, 2.45) is 23.7 Å². The summed E-state index contributed by atoms with van der Waals surface area (Å²) < 4.78 is 6.56. The van der Waals surface area contributed by atoms with Crippen LogP contribution >= 0.6 is 22.6 Å². The van der Waals surface area contributed by atoms with Crippen LogP contribution in [0.3, 0.4) is 0 Å². The van der Waals surface area contributed by atoms with Crippen molar-refractivity contribution >= 4 is 40.4 Å². The van der Waals surface area contributed by atoms with Gasteiger partial charge in [0.05, 0.1) is 16.2 Å². The number of phenols is 1. The Balaban J connectivity index is 2.38. The highest BCUT2D eigenvalue weighted by Crippen LogP contribution is 2.27. The summed E-state index contributed by atoms with van der Waals surface area (Å²) in [4.78, 5) is 40.4. The fourth-order valence-corrected chi connectivity index (χ4v) is 5.25. The van der Waals surface area contributed by atoms with Gasteiger partial charge in [-0.15, -0.1) is 0 Å². The second-order valence-electron chi connectivity index (χ2n) is 10.7. The van der Waals surface area contributed by atoms with Crippen LogP contribution in [0, 0.1) is 27.2 Å². The topological polar surface area (TPSA) is 116 Å². The summed E-state index contributed by atoms with van der Waals surface area (Å²) in [5.74, 6) is -1.16. The van der Waals surface area contributed by atoms with Crippen LogP contribution in [0.25, 0.3) is 0 Å². The Morgan fingerprint density at radius 2 is 1.81 bits per heavy atom. The summed E-state index contributed by atoms with van der Waals surface area (Å²) in [6.07, 6.45) is 0.695. The van der Waals surface area contributed by atoms with Gasteiger partial charge < -0.3 is 25.2 Å². The number of rotatable bonds is 3. The zero-order chi connectivity index (χ0) is 27.2. The molecule has 0 spiro atoms. The predicted octanol–water partition coefficient (Wildman–Crippen LogP) is 3.50. The van der Waals surface area contributed by atoms with E-state index in [1.165, 1.54) is 11.9 Å². The average molecular weight is 617 g/mol. The normalized spacial score (nSPS) is 29.7. The molecule has 202 valence electrons. The lowest BCUT2D eigenvalue weighted by Gasteiger charge is -2.32. The Morgan fingerprint density at radius 3 is 2.42 bits per heavy atom. The van der Waals surface area contributed by atoms with Crippen LogP contribution in [0.1, 0.15) is 59.4 Å². The molecule has 36 heavy (non-hydrogen) atoms. The number of ether oxygens (including phenoxy) is 1. The number of amides is 2. The van der Waals surface area contributed by atoms with E-state index in [1.807, 2.05) is 50.3 Å². The highest BCUT2D eigenvalue weighted by Gasteiger charge is 2.33. The van der Waals surface area contributed by atoms with Crippen molar-refractivity contribution in [3.8, 4) is 5.75 Å². The Morgan fingerprint density at radius 1 is 1.14 bits per heavy atom. The zero-order valence-electron chi connectivity index (χ0n) is 22.2. The number of nitrogens with one attached hydrogen (secondary N) is 1. The number of benzene rings is 1. The van der Waals surface area contributed by atoms with E-state index >= 15 is 0 Å². The third kappa shape index (κ3) is 8.61. The largest absolute Gasteiger partial charge is 0.507 e. The van der Waals surface area contributed by atoms with Gasteiger partial charge in [0.15, 0.2) is 0 Å². The van der Waals surface area contributed by atoms with Crippen molar-refractivity contribution in [1.29, 1.82) is 0 Å². The summed E-state index contributed by atoms with van der Waals surface area (Å²) in [6.45, 7) is 9.55. The molecule has 6 atom stereocenters. The van der Waals surface area contributed by atoms with Gasteiger partial charge in [-0.25, -0.2) is 4.79 Å². The molecule has 0 saturated carbocycles. The van der Waals surface area contributed by atoms with E-state index in [9.17, 15) is 24.6 Å². The van der Waals surface area contributed by atoms with E-state index in [-0.39, 0.29) is 48.3 Å². The minimum absolute atomic E-state index is 0.0253. The molecule has 1 aliphatic heterocycles. The first-order chi connectivity index (χ1) is 16.8. The van der Waals surface area contributed by atoms with E-state index in [0.29, 0.717) is 16.4 Å². The van der Waals surface area contributed by atoms with E-state index < -0.39 is 30.1 Å². The lowest BCUT2D eigenvalue weighted by Crippen LogP contribution is -2.50. The number of aromatic hydroxyl groups is 1. The molecule has 0 radical (unpaired) electrons. The highest BCUT2D eigenvalue weighted by molar-refractivity contribution is 14.1. The van der Waals surface area contributed by atoms with Crippen LogP contribution in [0.2, 0.25) is 0 Å². The van der Waals surface area contributed by atoms with Crippen molar-refractivity contribution in [2.45, 2.75) is 78.6 Å². The number of carbonyl (C=O) groups excluding carboxylic acids is 3. The molecule has 3 N–H and O–H groups in total. The first kappa shape index (κ1) is 30.3. The fourth-order valence-electron chi connectivity index (χ4n) is 4.67. The number of nitrogens with zero attached hydrogens (tertiary/aromatic N) is 1. The SMILES string of the molecule is CC1CC(C)C(=O)NCC(=O)N(C)C(Cc2ccc(O)c(I)c2)C(=O)OC(C(C)C)CC(O)C(C)C1. The van der Waals surface area contributed by atoms with Crippen LogP contribution in [-0.2, 0) is 25.5 Å². The lowest BCUT2D eigenvalue weighted by atomic mass is 9.84. The van der Waals surface area contributed by atoms with Crippen molar-refractivity contribution in [2.75, 3.05) is 13.6 Å². The van der Waals surface area contributed by atoms with Gasteiger partial charge in [-0.05, 0) is 70.9 Å². The van der Waals surface area contributed by atoms with Gasteiger partial charge in [0.25, 0.3) is 0 Å². The summed E-state index contributed by atoms with van der Waals surface area (Å²) in [7, 11) is 1.53. The molecule has 0 aromatic heterocycles. The first-order valence-corrected chi connectivity index (χ1v) is 13.8. The quantitative estimate of drug-likeness (QED) is 0.354. The summed E-state index contributed by atoms with van der Waals surface area (Å²) in [5, 5.41) is 23.5. The predicted molar refractivity (Wildman–Crippen MR) is 146 cm³/mol. The first-order valence-electron chi connectivity index (χ1n) is 12.7. The van der Waals surface area contributed by atoms with Crippen LogP contribution < -0.4 is 5.32 Å². The number of aliphatic hydroxyl groups is 1. The number of phenolic OH excluding ortho intramolecular Hbond substituents is 1. The molecule has 1 heterocycles. The number of carbonyl (C=O) groups is 3. The molecule has 6 unspecified atom stereocenters. The third-order valence-electron chi connectivity index (χ3n) is 7.11. The Bertz CT molecular complexity index is 924. The molecule has 1 saturated heterocycles. The fraction of sp³-hybridized carbons (Fsp3) is 0.667. The maximum Gasteiger partial charge on any atom is 0.329 e. The lowest BCUT2D eigenvalue weighted by molar-refractivity contribution is -0.162. The maximum atomic E-state index is 13.5. The van der Waals surface area contributed by atoms with E-state index in [0.717, 1.165) is 12.0 Å². The molecule has 1 aromatic carbocycles. The molecule has 2 rings (SSSR count). The maximum absolute atomic E-state index is 13.5. The number of hydrogen-bond acceptors (Lipinski definition) is 6. The number of cyclic esters (lactones) is 1. The molecular formula is C27H41IN2O6. The minimum atomic E-state index is -0.934. The van der Waals surface area contributed by atoms with Crippen LogP contribution in [0.4, 0.5) is 0 Å². The van der Waals surface area contributed by atoms with Gasteiger partial charge in [-0.2, -0.15) is 0 Å². The van der Waals surface area contributed by atoms with Crippen LogP contribution in [-0.4, -0.2) is 64.7 Å². The number of halogens is 1. The van der Waals surface area contributed by atoms with Gasteiger partial charge in [0.1, 0.15) is 17.9 Å². The van der Waals surface area contributed by atoms with Gasteiger partial charge >= 0.3 is 5.97 Å². The van der Waals surface area contributed by atoms with Gasteiger partial charge in [-0.1, -0.05) is 40.7 Å². The second-order valence-corrected chi connectivity index (χ2v) is 11.9. The Labute approximate surface area is 228 Å². The van der Waals surface area contributed by atoms with Crippen molar-refractivity contribution in [1.82, 2.24) is 10.2 Å². The molecule has 8 nitrogen and oxygen atoms in total. The van der Waals surface area contributed by atoms with Crippen molar-refractivity contribution in [3.63, 3.8) is 0 Å². The summed E-state index contributed by atoms with van der Waals surface area (Å²) >= 11 is 2.01. The third-order valence-corrected chi connectivity index (χ3v) is 7.97. The number of hydrogen-bond donors (Lipinski definition) is 3. The minimum Gasteiger partial charge on any atom is -0.507 e. The standard InChI is InChI=1S/C27H41IN2O6/c1-15(2)24-13-23(32)17(4)9-16(3)10-18(5)26(34)29-14-25(33)30(6)21(27(35)36-24)12-19-7-8-22(31)20(28)11-19/h7-8,11,15-18,21,23-24,31-32H,9-10,12-14H2,1-6H3,(H,29,34). The van der Waals surface area contributed by atoms with E-state index in [4.69, 9.17) is 4.74 Å². The van der Waals surface area contributed by atoms with Crippen LogP contribution in [0.5, 0.6) is 5.75 Å². The molecule has 1 aromatic rings. The zero-order valence-corrected chi connectivity index (χ0v) is 24.3. The van der Waals surface area contributed by atoms with Gasteiger partial charge in [0, 0.05) is 25.8 Å². The average Bonchev–Trinajstić information content (AvgIpc) is 2.80. The number of likely N-dealkylation sites (N-methyl/N-ethyl adjacent to an activating group) is 1. The van der Waals surface area contributed by atoms with Gasteiger partial charge in [0.2, 0.25) is 11.8 Å². The Hall–Kier alpha value is -1.88. The number of aliphatic hydroxyl groups excluding tert-OH is 1. The van der Waals surface area contributed by atoms with Crippen molar-refractivity contribution < 1.29 is 29.3 Å².